The number of hydrogen-bond donors (Lipinski definition) is 2. The highest BCUT2D eigenvalue weighted by Crippen LogP contribution is 2.19. The molecule has 5 nitrogen and oxygen atoms in total. The molecule has 0 fully saturated rings. The van der Waals surface area contributed by atoms with Crippen LogP contribution in [0.25, 0.3) is 0 Å². The predicted octanol–water partition coefficient (Wildman–Crippen LogP) is 4.66. The molecule has 144 valence electrons. The maximum atomic E-state index is 12.5. The Labute approximate surface area is 165 Å². The molecule has 0 saturated heterocycles. The molecular weight excluding hydrogens is 372 g/mol. The van der Waals surface area contributed by atoms with Crippen LogP contribution in [0, 0.1) is 20.8 Å². The lowest BCUT2D eigenvalue weighted by atomic mass is 10.1. The van der Waals surface area contributed by atoms with Gasteiger partial charge in [0.25, 0.3) is 15.9 Å². The van der Waals surface area contributed by atoms with Crippen molar-refractivity contribution in [3.05, 3.63) is 89.0 Å². The normalized spacial score (nSPS) is 11.1. The van der Waals surface area contributed by atoms with Gasteiger partial charge in [-0.2, -0.15) is 0 Å². The van der Waals surface area contributed by atoms with Gasteiger partial charge in [0.15, 0.2) is 0 Å². The van der Waals surface area contributed by atoms with Crippen LogP contribution >= 0.6 is 0 Å². The number of benzene rings is 3. The summed E-state index contributed by atoms with van der Waals surface area (Å²) in [5.74, 6) is -0.250. The Balaban J connectivity index is 1.72. The average molecular weight is 394 g/mol. The van der Waals surface area contributed by atoms with E-state index in [0.717, 1.165) is 22.4 Å². The molecule has 0 radical (unpaired) electrons. The van der Waals surface area contributed by atoms with Crippen molar-refractivity contribution in [2.24, 2.45) is 0 Å². The van der Waals surface area contributed by atoms with Gasteiger partial charge in [-0.3, -0.25) is 9.52 Å². The number of aryl methyl sites for hydroxylation is 3. The third kappa shape index (κ3) is 4.58. The summed E-state index contributed by atoms with van der Waals surface area (Å²) in [6.45, 7) is 5.83. The molecule has 3 aromatic carbocycles. The highest BCUT2D eigenvalue weighted by atomic mass is 32.2. The Hall–Kier alpha value is -3.12. The molecule has 3 rings (SSSR count). The number of hydrogen-bond acceptors (Lipinski definition) is 3. The van der Waals surface area contributed by atoms with E-state index in [-0.39, 0.29) is 10.8 Å². The molecule has 0 aliphatic heterocycles. The molecule has 28 heavy (non-hydrogen) atoms. The number of anilines is 2. The second kappa shape index (κ2) is 7.86. The summed E-state index contributed by atoms with van der Waals surface area (Å²) in [5, 5.41) is 2.87. The van der Waals surface area contributed by atoms with Crippen molar-refractivity contribution in [1.29, 1.82) is 0 Å². The summed E-state index contributed by atoms with van der Waals surface area (Å²) in [4.78, 5) is 12.6. The van der Waals surface area contributed by atoms with Crippen LogP contribution in [0.3, 0.4) is 0 Å². The minimum absolute atomic E-state index is 0.190. The van der Waals surface area contributed by atoms with Gasteiger partial charge in [0.2, 0.25) is 0 Å². The van der Waals surface area contributed by atoms with E-state index in [1.54, 1.807) is 48.5 Å². The third-order valence-electron chi connectivity index (χ3n) is 4.36. The number of carbonyl (C=O) groups is 1. The number of rotatable bonds is 5. The Morgan fingerprint density at radius 3 is 2.00 bits per heavy atom. The summed E-state index contributed by atoms with van der Waals surface area (Å²) >= 11 is 0. The van der Waals surface area contributed by atoms with E-state index < -0.39 is 10.0 Å². The van der Waals surface area contributed by atoms with Crippen LogP contribution < -0.4 is 10.0 Å². The minimum Gasteiger partial charge on any atom is -0.322 e. The number of nitrogens with one attached hydrogen (secondary N) is 2. The van der Waals surface area contributed by atoms with Gasteiger partial charge >= 0.3 is 0 Å². The average Bonchev–Trinajstić information content (AvgIpc) is 2.64. The molecular formula is C22H22N2O3S. The summed E-state index contributed by atoms with van der Waals surface area (Å²) in [6, 6.07) is 18.7. The van der Waals surface area contributed by atoms with Gasteiger partial charge in [0.05, 0.1) is 4.90 Å². The van der Waals surface area contributed by atoms with E-state index in [9.17, 15) is 13.2 Å². The minimum atomic E-state index is -3.67. The first-order valence-corrected chi connectivity index (χ1v) is 10.3. The fraction of sp³-hybridized carbons (Fsp3) is 0.136. The second-order valence-corrected chi connectivity index (χ2v) is 8.45. The number of sulfonamides is 1. The summed E-state index contributed by atoms with van der Waals surface area (Å²) in [6.07, 6.45) is 0. The summed E-state index contributed by atoms with van der Waals surface area (Å²) < 4.78 is 27.4. The molecule has 0 heterocycles. The van der Waals surface area contributed by atoms with Crippen molar-refractivity contribution >= 4 is 27.3 Å². The summed E-state index contributed by atoms with van der Waals surface area (Å²) in [5.41, 5.74) is 4.68. The molecule has 0 aliphatic carbocycles. The largest absolute Gasteiger partial charge is 0.322 e. The Morgan fingerprint density at radius 2 is 1.39 bits per heavy atom. The first-order valence-electron chi connectivity index (χ1n) is 8.83. The molecule has 0 aliphatic rings. The third-order valence-corrected chi connectivity index (χ3v) is 5.76. The smallest absolute Gasteiger partial charge is 0.261 e. The van der Waals surface area contributed by atoms with Crippen molar-refractivity contribution in [1.82, 2.24) is 0 Å². The lowest BCUT2D eigenvalue weighted by molar-refractivity contribution is 0.102. The van der Waals surface area contributed by atoms with Gasteiger partial charge in [-0.05, 0) is 68.8 Å². The van der Waals surface area contributed by atoms with Crippen LogP contribution in [0.2, 0.25) is 0 Å². The first kappa shape index (κ1) is 19.6. The predicted molar refractivity (Wildman–Crippen MR) is 112 cm³/mol. The molecule has 2 N–H and O–H groups in total. The fourth-order valence-electron chi connectivity index (χ4n) is 2.77. The van der Waals surface area contributed by atoms with Crippen molar-refractivity contribution in [2.45, 2.75) is 25.7 Å². The van der Waals surface area contributed by atoms with E-state index in [4.69, 9.17) is 0 Å². The van der Waals surface area contributed by atoms with Gasteiger partial charge in [-0.25, -0.2) is 8.42 Å². The molecule has 0 atom stereocenters. The molecule has 0 saturated carbocycles. The molecule has 0 spiro atoms. The molecule has 3 aromatic rings. The highest BCUT2D eigenvalue weighted by molar-refractivity contribution is 7.92. The van der Waals surface area contributed by atoms with Crippen LogP contribution in [-0.4, -0.2) is 14.3 Å². The van der Waals surface area contributed by atoms with E-state index in [0.29, 0.717) is 11.3 Å². The Kier molecular flexibility index (Phi) is 5.51. The number of carbonyl (C=O) groups excluding carboxylic acids is 1. The van der Waals surface area contributed by atoms with E-state index in [1.165, 1.54) is 0 Å². The van der Waals surface area contributed by atoms with Crippen LogP contribution in [0.1, 0.15) is 27.0 Å². The van der Waals surface area contributed by atoms with Crippen molar-refractivity contribution < 1.29 is 13.2 Å². The monoisotopic (exact) mass is 394 g/mol. The maximum Gasteiger partial charge on any atom is 0.261 e. The van der Waals surface area contributed by atoms with Crippen molar-refractivity contribution in [2.75, 3.05) is 10.0 Å². The SMILES string of the molecule is Cc1ccc(S(=O)(=O)Nc2ccc(C(=O)Nc3ccc(C)cc3C)cc2)cc1. The van der Waals surface area contributed by atoms with Crippen LogP contribution in [0.15, 0.2) is 71.6 Å². The van der Waals surface area contributed by atoms with E-state index in [2.05, 4.69) is 10.0 Å². The quantitative estimate of drug-likeness (QED) is 0.661. The molecule has 0 unspecified atom stereocenters. The van der Waals surface area contributed by atoms with Crippen LogP contribution in [0.5, 0.6) is 0 Å². The lowest BCUT2D eigenvalue weighted by Crippen LogP contribution is -2.14. The van der Waals surface area contributed by atoms with Gasteiger partial charge in [0, 0.05) is 16.9 Å². The molecule has 1 amide bonds. The van der Waals surface area contributed by atoms with Crippen LogP contribution in [-0.2, 0) is 10.0 Å². The Bertz CT molecular complexity index is 1100. The first-order chi connectivity index (χ1) is 13.2. The van der Waals surface area contributed by atoms with Gasteiger partial charge in [-0.1, -0.05) is 35.4 Å². The van der Waals surface area contributed by atoms with Gasteiger partial charge in [0.1, 0.15) is 0 Å². The van der Waals surface area contributed by atoms with Crippen molar-refractivity contribution in [3.63, 3.8) is 0 Å². The zero-order valence-electron chi connectivity index (χ0n) is 16.0. The molecule has 0 bridgehead atoms. The summed E-state index contributed by atoms with van der Waals surface area (Å²) in [7, 11) is -3.67. The van der Waals surface area contributed by atoms with E-state index >= 15 is 0 Å². The molecule has 0 aromatic heterocycles. The van der Waals surface area contributed by atoms with Gasteiger partial charge < -0.3 is 5.32 Å². The molecule has 6 heteroatoms. The van der Waals surface area contributed by atoms with Crippen LogP contribution in [0.4, 0.5) is 11.4 Å². The lowest BCUT2D eigenvalue weighted by Gasteiger charge is -2.11. The second-order valence-electron chi connectivity index (χ2n) is 6.77. The van der Waals surface area contributed by atoms with Gasteiger partial charge in [-0.15, -0.1) is 0 Å². The topological polar surface area (TPSA) is 75.3 Å². The maximum absolute atomic E-state index is 12.5. The van der Waals surface area contributed by atoms with E-state index in [1.807, 2.05) is 39.0 Å². The zero-order chi connectivity index (χ0) is 20.3. The highest BCUT2D eigenvalue weighted by Gasteiger charge is 2.14. The Morgan fingerprint density at radius 1 is 0.786 bits per heavy atom. The van der Waals surface area contributed by atoms with Crippen molar-refractivity contribution in [3.8, 4) is 0 Å². The standard InChI is InChI=1S/C22H22N2O3S/c1-15-4-11-20(12-5-15)28(26,27)24-19-9-7-18(8-10-19)22(25)23-21-13-6-16(2)14-17(21)3/h4-14,24H,1-3H3,(H,23,25). The fourth-order valence-corrected chi connectivity index (χ4v) is 3.83. The number of amides is 1. The zero-order valence-corrected chi connectivity index (χ0v) is 16.8.